The van der Waals surface area contributed by atoms with Crippen molar-refractivity contribution in [1.82, 2.24) is 10.3 Å². The maximum Gasteiger partial charge on any atom is 0.120 e. The molecule has 2 aromatic rings. The first-order valence-electron chi connectivity index (χ1n) is 6.47. The standard InChI is InChI=1S/C15H17N3OS/c1-11-10-18-15(20-11)12(2)17-6-7-19-14-5-3-4-13(8-14)9-16/h3-5,8,10,12,17H,6-7H2,1-2H3. The average Bonchev–Trinajstić information content (AvgIpc) is 2.90. The highest BCUT2D eigenvalue weighted by Crippen LogP contribution is 2.18. The van der Waals surface area contributed by atoms with Gasteiger partial charge in [0.1, 0.15) is 17.4 Å². The molecule has 0 saturated carbocycles. The third-order valence-corrected chi connectivity index (χ3v) is 3.89. The zero-order valence-electron chi connectivity index (χ0n) is 11.6. The number of benzene rings is 1. The van der Waals surface area contributed by atoms with Crippen LogP contribution in [0.4, 0.5) is 0 Å². The van der Waals surface area contributed by atoms with Crippen molar-refractivity contribution in [3.05, 3.63) is 45.9 Å². The first-order chi connectivity index (χ1) is 9.69. The van der Waals surface area contributed by atoms with Crippen LogP contribution in [0.1, 0.15) is 28.4 Å². The van der Waals surface area contributed by atoms with Gasteiger partial charge in [-0.05, 0) is 32.0 Å². The van der Waals surface area contributed by atoms with E-state index in [2.05, 4.69) is 30.2 Å². The third-order valence-electron chi connectivity index (χ3n) is 2.79. The van der Waals surface area contributed by atoms with E-state index < -0.39 is 0 Å². The molecule has 4 nitrogen and oxygen atoms in total. The molecule has 0 spiro atoms. The number of hydrogen-bond donors (Lipinski definition) is 1. The smallest absolute Gasteiger partial charge is 0.120 e. The quantitative estimate of drug-likeness (QED) is 0.830. The number of rotatable bonds is 6. The van der Waals surface area contributed by atoms with Crippen LogP contribution in [0.15, 0.2) is 30.5 Å². The maximum absolute atomic E-state index is 8.81. The van der Waals surface area contributed by atoms with Gasteiger partial charge in [0.2, 0.25) is 0 Å². The van der Waals surface area contributed by atoms with E-state index in [0.717, 1.165) is 17.3 Å². The summed E-state index contributed by atoms with van der Waals surface area (Å²) in [6.45, 7) is 5.44. The summed E-state index contributed by atoms with van der Waals surface area (Å²) in [5.74, 6) is 0.726. The Bertz CT molecular complexity index is 603. The van der Waals surface area contributed by atoms with Crippen molar-refractivity contribution in [2.45, 2.75) is 19.9 Å². The number of hydrogen-bond acceptors (Lipinski definition) is 5. The zero-order chi connectivity index (χ0) is 14.4. The molecular weight excluding hydrogens is 270 g/mol. The van der Waals surface area contributed by atoms with Crippen LogP contribution in [0, 0.1) is 18.3 Å². The SMILES string of the molecule is Cc1cnc(C(C)NCCOc2cccc(C#N)c2)s1. The molecule has 0 aliphatic rings. The van der Waals surface area contributed by atoms with Gasteiger partial charge < -0.3 is 10.1 Å². The summed E-state index contributed by atoms with van der Waals surface area (Å²) in [6, 6.07) is 9.50. The van der Waals surface area contributed by atoms with Gasteiger partial charge in [-0.3, -0.25) is 0 Å². The minimum Gasteiger partial charge on any atom is -0.492 e. The van der Waals surface area contributed by atoms with Gasteiger partial charge in [0, 0.05) is 17.6 Å². The van der Waals surface area contributed by atoms with E-state index in [1.165, 1.54) is 4.88 Å². The Morgan fingerprint density at radius 2 is 2.35 bits per heavy atom. The normalized spacial score (nSPS) is 11.8. The van der Waals surface area contributed by atoms with Crippen molar-refractivity contribution in [2.24, 2.45) is 0 Å². The van der Waals surface area contributed by atoms with Crippen molar-refractivity contribution in [3.63, 3.8) is 0 Å². The largest absolute Gasteiger partial charge is 0.492 e. The van der Waals surface area contributed by atoms with Gasteiger partial charge in [0.15, 0.2) is 0 Å². The van der Waals surface area contributed by atoms with Gasteiger partial charge in [-0.1, -0.05) is 6.07 Å². The molecule has 1 unspecified atom stereocenters. The minimum absolute atomic E-state index is 0.225. The fourth-order valence-corrected chi connectivity index (χ4v) is 2.56. The van der Waals surface area contributed by atoms with Crippen molar-refractivity contribution in [2.75, 3.05) is 13.2 Å². The van der Waals surface area contributed by atoms with Gasteiger partial charge >= 0.3 is 0 Å². The first kappa shape index (κ1) is 14.5. The zero-order valence-corrected chi connectivity index (χ0v) is 12.4. The molecule has 0 bridgehead atoms. The highest BCUT2D eigenvalue weighted by molar-refractivity contribution is 7.11. The fraction of sp³-hybridized carbons (Fsp3) is 0.333. The molecule has 0 fully saturated rings. The molecule has 1 atom stereocenters. The molecule has 1 aromatic heterocycles. The molecule has 0 radical (unpaired) electrons. The van der Waals surface area contributed by atoms with Crippen LogP contribution >= 0.6 is 11.3 Å². The van der Waals surface area contributed by atoms with E-state index in [0.29, 0.717) is 12.2 Å². The molecule has 0 amide bonds. The van der Waals surface area contributed by atoms with Crippen molar-refractivity contribution in [3.8, 4) is 11.8 Å². The summed E-state index contributed by atoms with van der Waals surface area (Å²) in [6.07, 6.45) is 1.89. The predicted molar refractivity (Wildman–Crippen MR) is 79.9 cm³/mol. The molecule has 1 aromatic carbocycles. The van der Waals surface area contributed by atoms with Crippen molar-refractivity contribution in [1.29, 1.82) is 5.26 Å². The van der Waals surface area contributed by atoms with E-state index in [1.807, 2.05) is 18.3 Å². The van der Waals surface area contributed by atoms with Crippen LogP contribution in [-0.4, -0.2) is 18.1 Å². The molecule has 5 heteroatoms. The van der Waals surface area contributed by atoms with Crippen LogP contribution in [-0.2, 0) is 0 Å². The van der Waals surface area contributed by atoms with Gasteiger partial charge in [-0.2, -0.15) is 5.26 Å². The number of ether oxygens (including phenoxy) is 1. The highest BCUT2D eigenvalue weighted by atomic mass is 32.1. The summed E-state index contributed by atoms with van der Waals surface area (Å²) in [4.78, 5) is 5.58. The number of aromatic nitrogens is 1. The van der Waals surface area contributed by atoms with Gasteiger partial charge in [-0.15, -0.1) is 11.3 Å². The second-order valence-corrected chi connectivity index (χ2v) is 5.74. The lowest BCUT2D eigenvalue weighted by molar-refractivity contribution is 0.307. The summed E-state index contributed by atoms with van der Waals surface area (Å²) in [5, 5.41) is 13.3. The number of nitriles is 1. The molecule has 104 valence electrons. The lowest BCUT2D eigenvalue weighted by Gasteiger charge is -2.12. The monoisotopic (exact) mass is 287 g/mol. The Labute approximate surface area is 123 Å². The minimum atomic E-state index is 0.225. The summed E-state index contributed by atoms with van der Waals surface area (Å²) in [5.41, 5.74) is 0.613. The lowest BCUT2D eigenvalue weighted by Crippen LogP contribution is -2.24. The maximum atomic E-state index is 8.81. The first-order valence-corrected chi connectivity index (χ1v) is 7.29. The third kappa shape index (κ3) is 4.05. The fourth-order valence-electron chi connectivity index (χ4n) is 1.76. The summed E-state index contributed by atoms with van der Waals surface area (Å²) >= 11 is 1.70. The Kier molecular flexibility index (Phi) is 5.10. The molecule has 1 N–H and O–H groups in total. The second kappa shape index (κ2) is 7.04. The Morgan fingerprint density at radius 3 is 3.05 bits per heavy atom. The molecule has 0 aliphatic carbocycles. The van der Waals surface area contributed by atoms with Crippen molar-refractivity contribution >= 4 is 11.3 Å². The Morgan fingerprint density at radius 1 is 1.50 bits per heavy atom. The molecule has 20 heavy (non-hydrogen) atoms. The topological polar surface area (TPSA) is 57.9 Å². The molecule has 0 saturated heterocycles. The van der Waals surface area contributed by atoms with Gasteiger partial charge in [-0.25, -0.2) is 4.98 Å². The van der Waals surface area contributed by atoms with Crippen LogP contribution < -0.4 is 10.1 Å². The van der Waals surface area contributed by atoms with Crippen molar-refractivity contribution < 1.29 is 4.74 Å². The molecule has 2 rings (SSSR count). The van der Waals surface area contributed by atoms with Gasteiger partial charge in [0.05, 0.1) is 17.7 Å². The molecule has 1 heterocycles. The predicted octanol–water partition coefficient (Wildman–Crippen LogP) is 3.05. The van der Waals surface area contributed by atoms with Crippen LogP contribution in [0.3, 0.4) is 0 Å². The molecule has 0 aliphatic heterocycles. The average molecular weight is 287 g/mol. The lowest BCUT2D eigenvalue weighted by atomic mass is 10.2. The van der Waals surface area contributed by atoms with Gasteiger partial charge in [0.25, 0.3) is 0 Å². The van der Waals surface area contributed by atoms with Crippen LogP contribution in [0.2, 0.25) is 0 Å². The van der Waals surface area contributed by atoms with E-state index >= 15 is 0 Å². The van der Waals surface area contributed by atoms with E-state index in [9.17, 15) is 0 Å². The number of thiazole rings is 1. The Balaban J connectivity index is 1.75. The van der Waals surface area contributed by atoms with E-state index in [4.69, 9.17) is 10.00 Å². The molecular formula is C15H17N3OS. The number of aryl methyl sites for hydroxylation is 1. The number of nitrogens with one attached hydrogen (secondary N) is 1. The second-order valence-electron chi connectivity index (χ2n) is 4.47. The van der Waals surface area contributed by atoms with Crippen LogP contribution in [0.5, 0.6) is 5.75 Å². The Hall–Kier alpha value is -1.90. The van der Waals surface area contributed by atoms with E-state index in [1.54, 1.807) is 23.5 Å². The summed E-state index contributed by atoms with van der Waals surface area (Å²) < 4.78 is 5.61. The highest BCUT2D eigenvalue weighted by Gasteiger charge is 2.08. The summed E-state index contributed by atoms with van der Waals surface area (Å²) in [7, 11) is 0. The van der Waals surface area contributed by atoms with E-state index in [-0.39, 0.29) is 6.04 Å². The number of nitrogens with zero attached hydrogens (tertiary/aromatic N) is 2. The van der Waals surface area contributed by atoms with Crippen LogP contribution in [0.25, 0.3) is 0 Å².